The number of hydrogen-bond acceptors (Lipinski definition) is 5. The van der Waals surface area contributed by atoms with E-state index in [1.807, 2.05) is 32.0 Å². The average molecular weight is 418 g/mol. The first-order valence-corrected chi connectivity index (χ1v) is 10.3. The highest BCUT2D eigenvalue weighted by Gasteiger charge is 2.29. The van der Waals surface area contributed by atoms with Gasteiger partial charge in [-0.2, -0.15) is 5.10 Å². The molecule has 1 atom stereocenters. The van der Waals surface area contributed by atoms with Gasteiger partial charge in [0.15, 0.2) is 6.61 Å². The molecule has 4 rings (SSSR count). The number of aryl methyl sites for hydroxylation is 1. The number of aromatic nitrogens is 2. The van der Waals surface area contributed by atoms with Crippen LogP contribution in [0.25, 0.3) is 15.9 Å². The molecule has 2 heterocycles. The lowest BCUT2D eigenvalue weighted by atomic mass is 10.2. The van der Waals surface area contributed by atoms with Gasteiger partial charge in [0.05, 0.1) is 16.4 Å². The Kier molecular flexibility index (Phi) is 5.12. The van der Waals surface area contributed by atoms with Crippen molar-refractivity contribution in [2.75, 3.05) is 6.61 Å². The van der Waals surface area contributed by atoms with E-state index in [4.69, 9.17) is 16.3 Å². The maximum atomic E-state index is 12.4. The Balaban J connectivity index is 1.50. The molecule has 1 aromatic carbocycles. The summed E-state index contributed by atoms with van der Waals surface area (Å²) in [6.07, 6.45) is 2.29. The first-order valence-electron chi connectivity index (χ1n) is 9.14. The fourth-order valence-corrected chi connectivity index (χ4v) is 4.43. The molecular formula is C20H20ClN3O3S. The minimum atomic E-state index is -0.513. The fraction of sp³-hybridized carbons (Fsp3) is 0.350. The fourth-order valence-electron chi connectivity index (χ4n) is 3.15. The zero-order valence-electron chi connectivity index (χ0n) is 15.6. The SMILES string of the molecule is Cc1nn(-c2ccccc2Cl)c2sc(C(=O)OCC(=O)N[C@@H](C)C3CC3)cc12. The van der Waals surface area contributed by atoms with Crippen LogP contribution in [0.5, 0.6) is 0 Å². The molecule has 3 aromatic rings. The summed E-state index contributed by atoms with van der Waals surface area (Å²) < 4.78 is 6.94. The van der Waals surface area contributed by atoms with E-state index in [9.17, 15) is 9.59 Å². The molecule has 1 aliphatic rings. The van der Waals surface area contributed by atoms with E-state index in [1.54, 1.807) is 16.8 Å². The number of carbonyl (C=O) groups excluding carboxylic acids is 2. The number of thiophene rings is 1. The molecule has 146 valence electrons. The Hall–Kier alpha value is -2.38. The molecule has 0 unspecified atom stereocenters. The lowest BCUT2D eigenvalue weighted by molar-refractivity contribution is -0.124. The van der Waals surface area contributed by atoms with Crippen molar-refractivity contribution in [3.8, 4) is 5.69 Å². The Morgan fingerprint density at radius 1 is 1.39 bits per heavy atom. The smallest absolute Gasteiger partial charge is 0.348 e. The lowest BCUT2D eigenvalue weighted by Crippen LogP contribution is -2.37. The van der Waals surface area contributed by atoms with Crippen molar-refractivity contribution in [2.45, 2.75) is 32.7 Å². The Morgan fingerprint density at radius 3 is 2.86 bits per heavy atom. The molecule has 1 amide bonds. The van der Waals surface area contributed by atoms with Crippen LogP contribution in [0.4, 0.5) is 0 Å². The quantitative estimate of drug-likeness (QED) is 0.612. The molecule has 1 N–H and O–H groups in total. The van der Waals surface area contributed by atoms with Crippen LogP contribution in [0.3, 0.4) is 0 Å². The van der Waals surface area contributed by atoms with Gasteiger partial charge in [-0.1, -0.05) is 23.7 Å². The van der Waals surface area contributed by atoms with Gasteiger partial charge in [0, 0.05) is 11.4 Å². The number of ether oxygens (including phenoxy) is 1. The normalized spacial score (nSPS) is 14.8. The van der Waals surface area contributed by atoms with Crippen molar-refractivity contribution in [1.82, 2.24) is 15.1 Å². The van der Waals surface area contributed by atoms with Crippen LogP contribution in [0, 0.1) is 12.8 Å². The van der Waals surface area contributed by atoms with E-state index in [0.717, 1.165) is 34.4 Å². The van der Waals surface area contributed by atoms with Crippen molar-refractivity contribution >= 4 is 45.0 Å². The topological polar surface area (TPSA) is 73.2 Å². The third kappa shape index (κ3) is 3.77. The molecule has 0 aliphatic heterocycles. The van der Waals surface area contributed by atoms with Gasteiger partial charge in [0.25, 0.3) is 5.91 Å². The molecule has 0 radical (unpaired) electrons. The molecule has 28 heavy (non-hydrogen) atoms. The molecule has 1 saturated carbocycles. The number of hydrogen-bond donors (Lipinski definition) is 1. The molecule has 8 heteroatoms. The predicted molar refractivity (Wildman–Crippen MR) is 109 cm³/mol. The van der Waals surface area contributed by atoms with Crippen molar-refractivity contribution in [2.24, 2.45) is 5.92 Å². The summed E-state index contributed by atoms with van der Waals surface area (Å²) in [5.74, 6) is -0.231. The zero-order chi connectivity index (χ0) is 19.8. The summed E-state index contributed by atoms with van der Waals surface area (Å²) in [5.41, 5.74) is 1.54. The summed E-state index contributed by atoms with van der Waals surface area (Å²) in [6.45, 7) is 3.58. The summed E-state index contributed by atoms with van der Waals surface area (Å²) in [5, 5.41) is 8.85. The summed E-state index contributed by atoms with van der Waals surface area (Å²) in [4.78, 5) is 25.6. The second-order valence-corrected chi connectivity index (χ2v) is 8.49. The standard InChI is InChI=1S/C20H20ClN3O3S/c1-11(13-7-8-13)22-18(25)10-27-20(26)17-9-14-12(2)23-24(19(14)28-17)16-6-4-3-5-15(16)21/h3-6,9,11,13H,7-8,10H2,1-2H3,(H,22,25)/t11-/m0/s1. The van der Waals surface area contributed by atoms with Crippen LogP contribution in [0.15, 0.2) is 30.3 Å². The van der Waals surface area contributed by atoms with Crippen molar-refractivity contribution in [1.29, 1.82) is 0 Å². The van der Waals surface area contributed by atoms with E-state index >= 15 is 0 Å². The first-order chi connectivity index (χ1) is 13.4. The highest BCUT2D eigenvalue weighted by atomic mass is 35.5. The monoisotopic (exact) mass is 417 g/mol. The van der Waals surface area contributed by atoms with Crippen molar-refractivity contribution in [3.63, 3.8) is 0 Å². The molecule has 0 spiro atoms. The van der Waals surface area contributed by atoms with Gasteiger partial charge in [-0.05, 0) is 50.8 Å². The second kappa shape index (κ2) is 7.56. The van der Waals surface area contributed by atoms with Gasteiger partial charge in [0.1, 0.15) is 9.71 Å². The molecule has 2 aromatic heterocycles. The highest BCUT2D eigenvalue weighted by molar-refractivity contribution is 7.20. The lowest BCUT2D eigenvalue weighted by Gasteiger charge is -2.12. The summed E-state index contributed by atoms with van der Waals surface area (Å²) >= 11 is 7.57. The number of fused-ring (bicyclic) bond motifs is 1. The van der Waals surface area contributed by atoms with Crippen LogP contribution < -0.4 is 5.32 Å². The number of rotatable bonds is 6. The Labute approximate surface area is 171 Å². The minimum Gasteiger partial charge on any atom is -0.451 e. The number of nitrogens with zero attached hydrogens (tertiary/aromatic N) is 2. The van der Waals surface area contributed by atoms with Gasteiger partial charge in [-0.3, -0.25) is 4.79 Å². The third-order valence-electron chi connectivity index (χ3n) is 4.88. The first kappa shape index (κ1) is 19.0. The molecule has 1 aliphatic carbocycles. The molecule has 6 nitrogen and oxygen atoms in total. The van der Waals surface area contributed by atoms with Crippen LogP contribution >= 0.6 is 22.9 Å². The van der Waals surface area contributed by atoms with Crippen molar-refractivity contribution in [3.05, 3.63) is 45.9 Å². The zero-order valence-corrected chi connectivity index (χ0v) is 17.1. The summed E-state index contributed by atoms with van der Waals surface area (Å²) in [6, 6.07) is 9.28. The number of halogens is 1. The van der Waals surface area contributed by atoms with Crippen LogP contribution in [-0.4, -0.2) is 34.3 Å². The number of amides is 1. The number of esters is 1. The molecule has 0 saturated heterocycles. The van der Waals surface area contributed by atoms with Gasteiger partial charge < -0.3 is 10.1 Å². The largest absolute Gasteiger partial charge is 0.451 e. The van der Waals surface area contributed by atoms with Crippen LogP contribution in [0.1, 0.15) is 35.1 Å². The second-order valence-electron chi connectivity index (χ2n) is 7.05. The minimum absolute atomic E-state index is 0.125. The average Bonchev–Trinajstić information content (AvgIpc) is 3.36. The van der Waals surface area contributed by atoms with E-state index < -0.39 is 5.97 Å². The number of para-hydroxylation sites is 1. The van der Waals surface area contributed by atoms with E-state index in [-0.39, 0.29) is 18.6 Å². The summed E-state index contributed by atoms with van der Waals surface area (Å²) in [7, 11) is 0. The molecular weight excluding hydrogens is 398 g/mol. The van der Waals surface area contributed by atoms with Crippen LogP contribution in [-0.2, 0) is 9.53 Å². The van der Waals surface area contributed by atoms with Crippen molar-refractivity contribution < 1.29 is 14.3 Å². The van der Waals surface area contributed by atoms with Crippen LogP contribution in [0.2, 0.25) is 5.02 Å². The maximum absolute atomic E-state index is 12.4. The van der Waals surface area contributed by atoms with E-state index in [1.165, 1.54) is 11.3 Å². The molecule has 0 bridgehead atoms. The maximum Gasteiger partial charge on any atom is 0.348 e. The van der Waals surface area contributed by atoms with Gasteiger partial charge in [0.2, 0.25) is 0 Å². The Bertz CT molecular complexity index is 1050. The third-order valence-corrected chi connectivity index (χ3v) is 6.29. The van der Waals surface area contributed by atoms with Gasteiger partial charge in [-0.25, -0.2) is 9.48 Å². The van der Waals surface area contributed by atoms with Gasteiger partial charge in [-0.15, -0.1) is 11.3 Å². The van der Waals surface area contributed by atoms with Gasteiger partial charge >= 0.3 is 5.97 Å². The highest BCUT2D eigenvalue weighted by Crippen LogP contribution is 2.33. The number of nitrogens with one attached hydrogen (secondary N) is 1. The molecule has 1 fully saturated rings. The Morgan fingerprint density at radius 2 is 2.14 bits per heavy atom. The number of carbonyl (C=O) groups is 2. The predicted octanol–water partition coefficient (Wildman–Crippen LogP) is 4.12. The number of benzene rings is 1. The van der Waals surface area contributed by atoms with E-state index in [0.29, 0.717) is 15.8 Å². The van der Waals surface area contributed by atoms with E-state index in [2.05, 4.69) is 10.4 Å².